The Hall–Kier alpha value is -2.54. The molecule has 0 aliphatic carbocycles. The van der Waals surface area contributed by atoms with Gasteiger partial charge in [-0.15, -0.1) is 0 Å². The van der Waals surface area contributed by atoms with Crippen molar-refractivity contribution >= 4 is 17.3 Å². The molecule has 8 heteroatoms. The molecule has 1 N–H and O–H groups in total. The Bertz CT molecular complexity index is 876. The molecule has 2 aromatic carbocycles. The summed E-state index contributed by atoms with van der Waals surface area (Å²) in [6.07, 6.45) is -4.38. The van der Waals surface area contributed by atoms with Crippen molar-refractivity contribution < 1.29 is 17.7 Å². The van der Waals surface area contributed by atoms with E-state index in [4.69, 9.17) is 16.1 Å². The average Bonchev–Trinajstić information content (AvgIpc) is 3.04. The molecule has 0 spiro atoms. The molecule has 0 fully saturated rings. The van der Waals surface area contributed by atoms with E-state index in [9.17, 15) is 13.2 Å². The van der Waals surface area contributed by atoms with Crippen LogP contribution < -0.4 is 5.32 Å². The van der Waals surface area contributed by atoms with Crippen LogP contribution in [0.25, 0.3) is 11.4 Å². The fourth-order valence-corrected chi connectivity index (χ4v) is 2.40. The second-order valence-electron chi connectivity index (χ2n) is 5.35. The molecule has 0 atom stereocenters. The molecule has 0 aliphatic rings. The van der Waals surface area contributed by atoms with E-state index in [-0.39, 0.29) is 12.4 Å². The summed E-state index contributed by atoms with van der Waals surface area (Å²) in [6, 6.07) is 10.1. The maximum absolute atomic E-state index is 12.6. The van der Waals surface area contributed by atoms with Gasteiger partial charge in [0.05, 0.1) is 12.1 Å². The van der Waals surface area contributed by atoms with Crippen LogP contribution in [0.5, 0.6) is 0 Å². The SMILES string of the molecule is Cc1c(Cl)cccc1NCc1nc(-c2ccc(C(F)(F)F)cc2)no1. The Morgan fingerprint density at radius 2 is 1.84 bits per heavy atom. The predicted octanol–water partition coefficient (Wildman–Crippen LogP) is 5.33. The number of nitrogens with one attached hydrogen (secondary N) is 1. The minimum Gasteiger partial charge on any atom is -0.376 e. The van der Waals surface area contributed by atoms with Crippen molar-refractivity contribution in [3.05, 3.63) is 64.5 Å². The van der Waals surface area contributed by atoms with Crippen LogP contribution in [0.15, 0.2) is 47.0 Å². The summed E-state index contributed by atoms with van der Waals surface area (Å²) < 4.78 is 42.9. The predicted molar refractivity (Wildman–Crippen MR) is 88.3 cm³/mol. The minimum atomic E-state index is -4.38. The van der Waals surface area contributed by atoms with Crippen molar-refractivity contribution in [2.24, 2.45) is 0 Å². The number of alkyl halides is 3. The van der Waals surface area contributed by atoms with Gasteiger partial charge >= 0.3 is 6.18 Å². The van der Waals surface area contributed by atoms with Crippen molar-refractivity contribution in [2.45, 2.75) is 19.6 Å². The van der Waals surface area contributed by atoms with E-state index in [1.807, 2.05) is 19.1 Å². The van der Waals surface area contributed by atoms with Gasteiger partial charge in [0.1, 0.15) is 0 Å². The molecule has 0 bridgehead atoms. The fraction of sp³-hybridized carbons (Fsp3) is 0.176. The van der Waals surface area contributed by atoms with Crippen LogP contribution in [-0.4, -0.2) is 10.1 Å². The Balaban J connectivity index is 1.71. The standard InChI is InChI=1S/C17H13ClF3N3O/c1-10-13(18)3-2-4-14(10)22-9-15-23-16(24-25-15)11-5-7-12(8-6-11)17(19,20)21/h2-8,22H,9H2,1H3. The summed E-state index contributed by atoms with van der Waals surface area (Å²) in [7, 11) is 0. The van der Waals surface area contributed by atoms with Crippen molar-refractivity contribution in [2.75, 3.05) is 5.32 Å². The van der Waals surface area contributed by atoms with Crippen LogP contribution in [0.3, 0.4) is 0 Å². The summed E-state index contributed by atoms with van der Waals surface area (Å²) in [6.45, 7) is 2.15. The van der Waals surface area contributed by atoms with Gasteiger partial charge in [-0.3, -0.25) is 0 Å². The highest BCUT2D eigenvalue weighted by atomic mass is 35.5. The molecule has 0 saturated heterocycles. The van der Waals surface area contributed by atoms with Crippen LogP contribution in [0.4, 0.5) is 18.9 Å². The number of hydrogen-bond acceptors (Lipinski definition) is 4. The van der Waals surface area contributed by atoms with Gasteiger partial charge in [0.25, 0.3) is 0 Å². The Morgan fingerprint density at radius 1 is 1.12 bits per heavy atom. The number of hydrogen-bond donors (Lipinski definition) is 1. The molecule has 0 saturated carbocycles. The Labute approximate surface area is 146 Å². The highest BCUT2D eigenvalue weighted by Gasteiger charge is 2.30. The van der Waals surface area contributed by atoms with E-state index in [1.165, 1.54) is 12.1 Å². The molecule has 0 unspecified atom stereocenters. The van der Waals surface area contributed by atoms with Crippen molar-refractivity contribution in [1.82, 2.24) is 10.1 Å². The zero-order valence-corrected chi connectivity index (χ0v) is 13.8. The molecule has 0 radical (unpaired) electrons. The van der Waals surface area contributed by atoms with Gasteiger partial charge in [-0.1, -0.05) is 35.0 Å². The van der Waals surface area contributed by atoms with E-state index in [2.05, 4.69) is 15.5 Å². The molecule has 0 aliphatic heterocycles. The van der Waals surface area contributed by atoms with E-state index in [0.717, 1.165) is 23.4 Å². The molecule has 130 valence electrons. The lowest BCUT2D eigenvalue weighted by molar-refractivity contribution is -0.137. The number of benzene rings is 2. The van der Waals surface area contributed by atoms with Gasteiger partial charge in [0, 0.05) is 16.3 Å². The van der Waals surface area contributed by atoms with E-state index in [0.29, 0.717) is 16.5 Å². The second-order valence-corrected chi connectivity index (χ2v) is 5.76. The quantitative estimate of drug-likeness (QED) is 0.677. The first-order valence-electron chi connectivity index (χ1n) is 7.34. The molecule has 4 nitrogen and oxygen atoms in total. The number of aromatic nitrogens is 2. The minimum absolute atomic E-state index is 0.230. The molecular weight excluding hydrogens is 355 g/mol. The van der Waals surface area contributed by atoms with Crippen LogP contribution in [-0.2, 0) is 12.7 Å². The van der Waals surface area contributed by atoms with E-state index in [1.54, 1.807) is 6.07 Å². The Kier molecular flexibility index (Phi) is 4.67. The first-order valence-corrected chi connectivity index (χ1v) is 7.71. The Morgan fingerprint density at radius 3 is 2.52 bits per heavy atom. The first kappa shape index (κ1) is 17.3. The van der Waals surface area contributed by atoms with E-state index < -0.39 is 11.7 Å². The first-order chi connectivity index (χ1) is 11.8. The summed E-state index contributed by atoms with van der Waals surface area (Å²) in [5.74, 6) is 0.544. The summed E-state index contributed by atoms with van der Waals surface area (Å²) >= 11 is 6.05. The maximum atomic E-state index is 12.6. The van der Waals surface area contributed by atoms with Gasteiger partial charge in [-0.05, 0) is 36.8 Å². The third-order valence-electron chi connectivity index (χ3n) is 3.64. The zero-order valence-electron chi connectivity index (χ0n) is 13.1. The summed E-state index contributed by atoms with van der Waals surface area (Å²) in [4.78, 5) is 4.18. The smallest absolute Gasteiger partial charge is 0.376 e. The molecule has 3 aromatic rings. The maximum Gasteiger partial charge on any atom is 0.416 e. The lowest BCUT2D eigenvalue weighted by Crippen LogP contribution is -2.04. The molecule has 0 amide bonds. The van der Waals surface area contributed by atoms with Crippen molar-refractivity contribution in [3.63, 3.8) is 0 Å². The van der Waals surface area contributed by atoms with Crippen LogP contribution in [0.1, 0.15) is 17.0 Å². The third kappa shape index (κ3) is 3.93. The lowest BCUT2D eigenvalue weighted by Gasteiger charge is -2.08. The van der Waals surface area contributed by atoms with Crippen LogP contribution >= 0.6 is 11.6 Å². The number of nitrogens with zero attached hydrogens (tertiary/aromatic N) is 2. The molecule has 25 heavy (non-hydrogen) atoms. The van der Waals surface area contributed by atoms with Crippen molar-refractivity contribution in [1.29, 1.82) is 0 Å². The van der Waals surface area contributed by atoms with Gasteiger partial charge < -0.3 is 9.84 Å². The average molecular weight is 368 g/mol. The summed E-state index contributed by atoms with van der Waals surface area (Å²) in [5, 5.41) is 7.57. The topological polar surface area (TPSA) is 51.0 Å². The highest BCUT2D eigenvalue weighted by Crippen LogP contribution is 2.30. The highest BCUT2D eigenvalue weighted by molar-refractivity contribution is 6.31. The molecular formula is C17H13ClF3N3O. The number of anilines is 1. The fourth-order valence-electron chi connectivity index (χ4n) is 2.22. The van der Waals surface area contributed by atoms with Gasteiger partial charge in [-0.2, -0.15) is 18.2 Å². The molecule has 3 rings (SSSR count). The second kappa shape index (κ2) is 6.76. The number of rotatable bonds is 4. The number of halogens is 4. The van der Waals surface area contributed by atoms with E-state index >= 15 is 0 Å². The summed E-state index contributed by atoms with van der Waals surface area (Å²) in [5.41, 5.74) is 1.45. The molecule has 1 heterocycles. The van der Waals surface area contributed by atoms with Crippen molar-refractivity contribution in [3.8, 4) is 11.4 Å². The zero-order chi connectivity index (χ0) is 18.0. The largest absolute Gasteiger partial charge is 0.416 e. The lowest BCUT2D eigenvalue weighted by atomic mass is 10.1. The monoisotopic (exact) mass is 367 g/mol. The van der Waals surface area contributed by atoms with Gasteiger partial charge in [-0.25, -0.2) is 0 Å². The molecule has 1 aromatic heterocycles. The normalized spacial score (nSPS) is 11.6. The van der Waals surface area contributed by atoms with Crippen LogP contribution in [0.2, 0.25) is 5.02 Å². The third-order valence-corrected chi connectivity index (χ3v) is 4.05. The van der Waals surface area contributed by atoms with Crippen LogP contribution in [0, 0.1) is 6.92 Å². The van der Waals surface area contributed by atoms with Gasteiger partial charge in [0.2, 0.25) is 11.7 Å². The van der Waals surface area contributed by atoms with Gasteiger partial charge in [0.15, 0.2) is 0 Å².